The number of carbonyl (C=O) groups is 1. The number of aromatic nitrogens is 1. The summed E-state index contributed by atoms with van der Waals surface area (Å²) in [4.78, 5) is 17.6. The van der Waals surface area contributed by atoms with Crippen LogP contribution in [-0.4, -0.2) is 37.3 Å². The molecular formula is C26H26N2O6. The Labute approximate surface area is 197 Å². The van der Waals surface area contributed by atoms with Crippen molar-refractivity contribution >= 4 is 22.7 Å². The van der Waals surface area contributed by atoms with E-state index < -0.39 is 0 Å². The number of phenolic OH excluding ortho intramolecular Hbond substituents is 1. The molecule has 4 aromatic rings. The van der Waals surface area contributed by atoms with Crippen LogP contribution in [0.4, 0.5) is 5.69 Å². The van der Waals surface area contributed by atoms with Crippen LogP contribution in [0.15, 0.2) is 40.8 Å². The van der Waals surface area contributed by atoms with Gasteiger partial charge in [-0.3, -0.25) is 4.79 Å². The van der Waals surface area contributed by atoms with Crippen LogP contribution >= 0.6 is 0 Å². The predicted octanol–water partition coefficient (Wildman–Crippen LogP) is 5.40. The zero-order valence-corrected chi connectivity index (χ0v) is 19.9. The highest BCUT2D eigenvalue weighted by Gasteiger charge is 2.20. The molecule has 176 valence electrons. The topological polar surface area (TPSA) is 103 Å². The molecule has 0 saturated carbocycles. The van der Waals surface area contributed by atoms with E-state index in [2.05, 4.69) is 10.3 Å². The molecule has 34 heavy (non-hydrogen) atoms. The van der Waals surface area contributed by atoms with Gasteiger partial charge in [-0.1, -0.05) is 6.07 Å². The third-order valence-corrected chi connectivity index (χ3v) is 5.54. The summed E-state index contributed by atoms with van der Waals surface area (Å²) in [5.74, 6) is 1.04. The van der Waals surface area contributed by atoms with Gasteiger partial charge in [-0.25, -0.2) is 4.98 Å². The minimum absolute atomic E-state index is 0.0340. The Kier molecular flexibility index (Phi) is 6.06. The molecule has 1 heterocycles. The molecular weight excluding hydrogens is 436 g/mol. The summed E-state index contributed by atoms with van der Waals surface area (Å²) in [5.41, 5.74) is 5.12. The van der Waals surface area contributed by atoms with Gasteiger partial charge in [0.2, 0.25) is 11.6 Å². The number of hydrogen-bond donors (Lipinski definition) is 2. The molecule has 0 atom stereocenters. The number of aryl methyl sites for hydroxylation is 3. The summed E-state index contributed by atoms with van der Waals surface area (Å²) in [6.45, 7) is 5.68. The van der Waals surface area contributed by atoms with Crippen LogP contribution in [-0.2, 0) is 0 Å². The van der Waals surface area contributed by atoms with E-state index in [1.165, 1.54) is 21.3 Å². The minimum Gasteiger partial charge on any atom is -0.507 e. The van der Waals surface area contributed by atoms with Gasteiger partial charge in [0.05, 0.1) is 26.9 Å². The highest BCUT2D eigenvalue weighted by molar-refractivity contribution is 6.05. The van der Waals surface area contributed by atoms with Crippen molar-refractivity contribution in [2.24, 2.45) is 0 Å². The second-order valence-electron chi connectivity index (χ2n) is 8.01. The molecule has 0 bridgehead atoms. The third kappa shape index (κ3) is 4.10. The zero-order chi connectivity index (χ0) is 24.6. The van der Waals surface area contributed by atoms with Gasteiger partial charge in [-0.05, 0) is 67.8 Å². The largest absolute Gasteiger partial charge is 0.507 e. The second-order valence-corrected chi connectivity index (χ2v) is 8.01. The molecule has 0 saturated heterocycles. The average molecular weight is 463 g/mol. The quantitative estimate of drug-likeness (QED) is 0.370. The number of nitrogens with one attached hydrogen (secondary N) is 1. The first-order chi connectivity index (χ1) is 16.2. The van der Waals surface area contributed by atoms with Crippen molar-refractivity contribution in [3.63, 3.8) is 0 Å². The van der Waals surface area contributed by atoms with Gasteiger partial charge < -0.3 is 29.1 Å². The molecule has 0 aliphatic carbocycles. The van der Waals surface area contributed by atoms with Crippen LogP contribution in [0.25, 0.3) is 22.6 Å². The summed E-state index contributed by atoms with van der Waals surface area (Å²) in [5, 5.41) is 13.6. The van der Waals surface area contributed by atoms with Gasteiger partial charge in [0.15, 0.2) is 17.1 Å². The number of phenols is 1. The fourth-order valence-electron chi connectivity index (χ4n) is 3.92. The SMILES string of the molecule is COc1cc(C(=O)Nc2cc(C)c(O)c(-c3nc4cc(C)cc(C)c4o3)c2)cc(OC)c1OC. The van der Waals surface area contributed by atoms with E-state index in [0.717, 1.165) is 11.1 Å². The highest BCUT2D eigenvalue weighted by atomic mass is 16.5. The highest BCUT2D eigenvalue weighted by Crippen LogP contribution is 2.39. The molecule has 0 spiro atoms. The molecule has 8 heteroatoms. The van der Waals surface area contributed by atoms with Crippen molar-refractivity contribution < 1.29 is 28.5 Å². The first-order valence-electron chi connectivity index (χ1n) is 10.6. The van der Waals surface area contributed by atoms with E-state index >= 15 is 0 Å². The lowest BCUT2D eigenvalue weighted by molar-refractivity contribution is 0.102. The Hall–Kier alpha value is -4.20. The van der Waals surface area contributed by atoms with E-state index in [0.29, 0.717) is 50.7 Å². The third-order valence-electron chi connectivity index (χ3n) is 5.54. The number of ether oxygens (including phenoxy) is 3. The van der Waals surface area contributed by atoms with E-state index in [1.807, 2.05) is 26.0 Å². The summed E-state index contributed by atoms with van der Waals surface area (Å²) in [6.07, 6.45) is 0. The van der Waals surface area contributed by atoms with E-state index in [4.69, 9.17) is 18.6 Å². The molecule has 1 amide bonds. The van der Waals surface area contributed by atoms with E-state index in [1.54, 1.807) is 31.2 Å². The van der Waals surface area contributed by atoms with E-state index in [-0.39, 0.29) is 17.5 Å². The fourth-order valence-corrected chi connectivity index (χ4v) is 3.92. The van der Waals surface area contributed by atoms with Crippen LogP contribution in [0.1, 0.15) is 27.0 Å². The van der Waals surface area contributed by atoms with Gasteiger partial charge in [0.1, 0.15) is 11.3 Å². The molecule has 4 rings (SSSR count). The number of benzene rings is 3. The molecule has 0 aliphatic rings. The number of rotatable bonds is 6. The molecule has 1 aromatic heterocycles. The number of aromatic hydroxyl groups is 1. The van der Waals surface area contributed by atoms with Crippen LogP contribution < -0.4 is 19.5 Å². The van der Waals surface area contributed by atoms with Gasteiger partial charge >= 0.3 is 0 Å². The lowest BCUT2D eigenvalue weighted by Gasteiger charge is -2.14. The molecule has 0 aliphatic heterocycles. The molecule has 2 N–H and O–H groups in total. The fraction of sp³-hybridized carbons (Fsp3) is 0.231. The van der Waals surface area contributed by atoms with E-state index in [9.17, 15) is 9.90 Å². The Balaban J connectivity index is 1.72. The Morgan fingerprint density at radius 2 is 1.59 bits per heavy atom. The number of fused-ring (bicyclic) bond motifs is 1. The maximum absolute atomic E-state index is 13.1. The van der Waals surface area contributed by atoms with Gasteiger partial charge in [-0.15, -0.1) is 0 Å². The number of amides is 1. The summed E-state index contributed by atoms with van der Waals surface area (Å²) in [7, 11) is 4.46. The van der Waals surface area contributed by atoms with Crippen LogP contribution in [0, 0.1) is 20.8 Å². The summed E-state index contributed by atoms with van der Waals surface area (Å²) >= 11 is 0. The Morgan fingerprint density at radius 3 is 2.21 bits per heavy atom. The lowest BCUT2D eigenvalue weighted by atomic mass is 10.1. The molecule has 0 fully saturated rings. The number of hydrogen-bond acceptors (Lipinski definition) is 7. The van der Waals surface area contributed by atoms with Crippen LogP contribution in [0.3, 0.4) is 0 Å². The Bertz CT molecular complexity index is 1380. The number of anilines is 1. The minimum atomic E-state index is -0.390. The van der Waals surface area contributed by atoms with Crippen molar-refractivity contribution in [2.45, 2.75) is 20.8 Å². The van der Waals surface area contributed by atoms with Crippen molar-refractivity contribution in [1.29, 1.82) is 0 Å². The van der Waals surface area contributed by atoms with Crippen LogP contribution in [0.5, 0.6) is 23.0 Å². The average Bonchev–Trinajstić information content (AvgIpc) is 3.24. The zero-order valence-electron chi connectivity index (χ0n) is 19.9. The number of carbonyl (C=O) groups excluding carboxylic acids is 1. The van der Waals surface area contributed by atoms with Crippen molar-refractivity contribution in [2.75, 3.05) is 26.6 Å². The normalized spacial score (nSPS) is 10.9. The van der Waals surface area contributed by atoms with Crippen molar-refractivity contribution in [3.05, 3.63) is 58.7 Å². The number of oxazole rings is 1. The number of nitrogens with zero attached hydrogens (tertiary/aromatic N) is 1. The monoisotopic (exact) mass is 462 g/mol. The van der Waals surface area contributed by atoms with Gasteiger partial charge in [0.25, 0.3) is 5.91 Å². The second kappa shape index (κ2) is 8.97. The molecule has 8 nitrogen and oxygen atoms in total. The van der Waals surface area contributed by atoms with Crippen molar-refractivity contribution in [3.8, 4) is 34.5 Å². The predicted molar refractivity (Wildman–Crippen MR) is 129 cm³/mol. The first-order valence-corrected chi connectivity index (χ1v) is 10.6. The summed E-state index contributed by atoms with van der Waals surface area (Å²) < 4.78 is 22.0. The standard InChI is InChI=1S/C26H26N2O6/c1-13-7-15(3)23-19(8-13)28-26(34-23)18-12-17(9-14(2)22(18)29)27-25(30)16-10-20(31-4)24(33-6)21(11-16)32-5/h7-12,29H,1-6H3,(H,27,30). The molecule has 0 radical (unpaired) electrons. The number of methoxy groups -OCH3 is 3. The summed E-state index contributed by atoms with van der Waals surface area (Å²) in [6, 6.07) is 10.4. The maximum atomic E-state index is 13.1. The van der Waals surface area contributed by atoms with Gasteiger partial charge in [0, 0.05) is 11.3 Å². The van der Waals surface area contributed by atoms with Gasteiger partial charge in [-0.2, -0.15) is 0 Å². The van der Waals surface area contributed by atoms with Crippen molar-refractivity contribution in [1.82, 2.24) is 4.98 Å². The lowest BCUT2D eigenvalue weighted by Crippen LogP contribution is -2.13. The van der Waals surface area contributed by atoms with Crippen LogP contribution in [0.2, 0.25) is 0 Å². The maximum Gasteiger partial charge on any atom is 0.255 e. The smallest absolute Gasteiger partial charge is 0.255 e. The Morgan fingerprint density at radius 1 is 0.912 bits per heavy atom. The molecule has 0 unspecified atom stereocenters. The first kappa shape index (κ1) is 23.0. The molecule has 3 aromatic carbocycles.